The molecule has 2 aromatic carbocycles. The molecule has 0 radical (unpaired) electrons. The predicted molar refractivity (Wildman–Crippen MR) is 91.5 cm³/mol. The number of rotatable bonds is 3. The molecular formula is C20H26O2. The van der Waals surface area contributed by atoms with Crippen molar-refractivity contribution in [2.75, 3.05) is 13.2 Å². The molecule has 3 rings (SSSR count). The van der Waals surface area contributed by atoms with E-state index in [9.17, 15) is 0 Å². The first-order valence-corrected chi connectivity index (χ1v) is 8.15. The number of aliphatic hydroxyl groups excluding tert-OH is 2. The average molecular weight is 298 g/mol. The normalized spacial score (nSPS) is 20.8. The van der Waals surface area contributed by atoms with Gasteiger partial charge in [0, 0.05) is 13.2 Å². The van der Waals surface area contributed by atoms with E-state index in [1.165, 1.54) is 11.1 Å². The lowest BCUT2D eigenvalue weighted by Gasteiger charge is -2.25. The fourth-order valence-electron chi connectivity index (χ4n) is 2.86. The van der Waals surface area contributed by atoms with Crippen LogP contribution in [0.1, 0.15) is 25.7 Å². The highest BCUT2D eigenvalue weighted by molar-refractivity contribution is 5.62. The van der Waals surface area contributed by atoms with Gasteiger partial charge in [0.25, 0.3) is 0 Å². The summed E-state index contributed by atoms with van der Waals surface area (Å²) in [5, 5.41) is 17.6. The van der Waals surface area contributed by atoms with E-state index in [0.29, 0.717) is 25.0 Å². The lowest BCUT2D eigenvalue weighted by molar-refractivity contribution is 0.131. The lowest BCUT2D eigenvalue weighted by atomic mass is 9.83. The Balaban J connectivity index is 0.000000164. The standard InChI is InChI=1S/C12H10.C8H16O2/c1-3-7-11(8-4-1)12-9-5-2-6-10-12;9-5-7-1-2-8(6-10)4-3-7/h1-10H;7-10H,1-6H2. The molecule has 0 heterocycles. The van der Waals surface area contributed by atoms with Crippen LogP contribution in [0, 0.1) is 11.8 Å². The van der Waals surface area contributed by atoms with E-state index in [0.717, 1.165) is 25.7 Å². The van der Waals surface area contributed by atoms with Crippen molar-refractivity contribution in [3.8, 4) is 11.1 Å². The second-order valence-corrected chi connectivity index (χ2v) is 5.98. The summed E-state index contributed by atoms with van der Waals surface area (Å²) in [6, 6.07) is 20.8. The zero-order valence-electron chi connectivity index (χ0n) is 13.1. The summed E-state index contributed by atoms with van der Waals surface area (Å²) in [7, 11) is 0. The van der Waals surface area contributed by atoms with E-state index >= 15 is 0 Å². The van der Waals surface area contributed by atoms with Gasteiger partial charge in [-0.2, -0.15) is 0 Å². The summed E-state index contributed by atoms with van der Waals surface area (Å²) in [5.41, 5.74) is 2.55. The molecule has 1 aliphatic rings. The van der Waals surface area contributed by atoms with Gasteiger partial charge in [-0.1, -0.05) is 60.7 Å². The van der Waals surface area contributed by atoms with Gasteiger partial charge in [0.15, 0.2) is 0 Å². The smallest absolute Gasteiger partial charge is 0.0459 e. The minimum absolute atomic E-state index is 0.331. The Morgan fingerprint density at radius 1 is 0.591 bits per heavy atom. The third kappa shape index (κ3) is 5.28. The Bertz CT molecular complexity index is 452. The van der Waals surface area contributed by atoms with Gasteiger partial charge in [0.05, 0.1) is 0 Å². The van der Waals surface area contributed by atoms with Gasteiger partial charge in [-0.25, -0.2) is 0 Å². The van der Waals surface area contributed by atoms with Crippen LogP contribution in [0.25, 0.3) is 11.1 Å². The summed E-state index contributed by atoms with van der Waals surface area (Å²) in [6.07, 6.45) is 4.40. The molecule has 2 N–H and O–H groups in total. The Hall–Kier alpha value is -1.64. The monoisotopic (exact) mass is 298 g/mol. The van der Waals surface area contributed by atoms with Crippen molar-refractivity contribution in [3.63, 3.8) is 0 Å². The summed E-state index contributed by atoms with van der Waals surface area (Å²) in [4.78, 5) is 0. The molecule has 0 saturated heterocycles. The van der Waals surface area contributed by atoms with Gasteiger partial charge in [-0.15, -0.1) is 0 Å². The zero-order chi connectivity index (χ0) is 15.6. The number of hydrogen-bond acceptors (Lipinski definition) is 2. The van der Waals surface area contributed by atoms with Crippen LogP contribution in [0.4, 0.5) is 0 Å². The molecule has 118 valence electrons. The van der Waals surface area contributed by atoms with E-state index in [4.69, 9.17) is 10.2 Å². The van der Waals surface area contributed by atoms with Crippen LogP contribution in [-0.4, -0.2) is 23.4 Å². The number of hydrogen-bond donors (Lipinski definition) is 2. The second kappa shape index (κ2) is 9.39. The molecule has 0 atom stereocenters. The van der Waals surface area contributed by atoms with Gasteiger partial charge in [0.1, 0.15) is 0 Å². The maximum absolute atomic E-state index is 8.79. The van der Waals surface area contributed by atoms with Crippen LogP contribution < -0.4 is 0 Å². The van der Waals surface area contributed by atoms with Crippen LogP contribution >= 0.6 is 0 Å². The minimum atomic E-state index is 0.331. The first-order chi connectivity index (χ1) is 10.8. The highest BCUT2D eigenvalue weighted by Gasteiger charge is 2.19. The molecule has 2 aromatic rings. The number of aliphatic hydroxyl groups is 2. The molecule has 22 heavy (non-hydrogen) atoms. The lowest BCUT2D eigenvalue weighted by Crippen LogP contribution is -2.19. The van der Waals surface area contributed by atoms with Gasteiger partial charge < -0.3 is 10.2 Å². The highest BCUT2D eigenvalue weighted by atomic mass is 16.3. The fourth-order valence-corrected chi connectivity index (χ4v) is 2.86. The number of benzene rings is 2. The van der Waals surface area contributed by atoms with Crippen molar-refractivity contribution in [1.29, 1.82) is 0 Å². The maximum atomic E-state index is 8.79. The molecule has 2 nitrogen and oxygen atoms in total. The van der Waals surface area contributed by atoms with E-state index in [2.05, 4.69) is 48.5 Å². The molecule has 0 unspecified atom stereocenters. The quantitative estimate of drug-likeness (QED) is 0.894. The SMILES string of the molecule is OCC1CCC(CO)CC1.c1ccc(-c2ccccc2)cc1. The maximum Gasteiger partial charge on any atom is 0.0459 e. The fraction of sp³-hybridized carbons (Fsp3) is 0.400. The zero-order valence-corrected chi connectivity index (χ0v) is 13.1. The molecule has 1 aliphatic carbocycles. The Labute approximate surface area is 133 Å². The van der Waals surface area contributed by atoms with E-state index in [1.807, 2.05) is 12.1 Å². The molecule has 2 heteroatoms. The van der Waals surface area contributed by atoms with Gasteiger partial charge in [-0.3, -0.25) is 0 Å². The topological polar surface area (TPSA) is 40.5 Å². The van der Waals surface area contributed by atoms with Gasteiger partial charge in [0.2, 0.25) is 0 Å². The van der Waals surface area contributed by atoms with E-state index in [1.54, 1.807) is 0 Å². The Morgan fingerprint density at radius 2 is 0.909 bits per heavy atom. The first-order valence-electron chi connectivity index (χ1n) is 8.15. The van der Waals surface area contributed by atoms with Crippen molar-refractivity contribution >= 4 is 0 Å². The predicted octanol–water partition coefficient (Wildman–Crippen LogP) is 4.13. The van der Waals surface area contributed by atoms with Crippen LogP contribution in [0.15, 0.2) is 60.7 Å². The molecule has 1 fully saturated rings. The van der Waals surface area contributed by atoms with Gasteiger partial charge in [-0.05, 0) is 48.6 Å². The third-order valence-electron chi connectivity index (χ3n) is 4.36. The molecule has 0 aliphatic heterocycles. The molecule has 0 amide bonds. The average Bonchev–Trinajstić information content (AvgIpc) is 2.64. The molecule has 0 aromatic heterocycles. The molecule has 0 spiro atoms. The van der Waals surface area contributed by atoms with Gasteiger partial charge >= 0.3 is 0 Å². The second-order valence-electron chi connectivity index (χ2n) is 5.98. The van der Waals surface area contributed by atoms with Crippen molar-refractivity contribution in [2.24, 2.45) is 11.8 Å². The van der Waals surface area contributed by atoms with E-state index < -0.39 is 0 Å². The molecule has 0 bridgehead atoms. The molecule has 1 saturated carbocycles. The van der Waals surface area contributed by atoms with Crippen LogP contribution in [-0.2, 0) is 0 Å². The van der Waals surface area contributed by atoms with Crippen LogP contribution in [0.5, 0.6) is 0 Å². The highest BCUT2D eigenvalue weighted by Crippen LogP contribution is 2.27. The Kier molecular flexibility index (Phi) is 7.14. The summed E-state index contributed by atoms with van der Waals surface area (Å²) >= 11 is 0. The van der Waals surface area contributed by atoms with Crippen LogP contribution in [0.3, 0.4) is 0 Å². The largest absolute Gasteiger partial charge is 0.396 e. The molecular weight excluding hydrogens is 272 g/mol. The summed E-state index contributed by atoms with van der Waals surface area (Å²) in [6.45, 7) is 0.663. The Morgan fingerprint density at radius 3 is 1.18 bits per heavy atom. The van der Waals surface area contributed by atoms with Crippen molar-refractivity contribution in [2.45, 2.75) is 25.7 Å². The van der Waals surface area contributed by atoms with Crippen molar-refractivity contribution in [1.82, 2.24) is 0 Å². The summed E-state index contributed by atoms with van der Waals surface area (Å²) in [5.74, 6) is 1.03. The minimum Gasteiger partial charge on any atom is -0.396 e. The van der Waals surface area contributed by atoms with Crippen molar-refractivity contribution in [3.05, 3.63) is 60.7 Å². The van der Waals surface area contributed by atoms with Crippen LogP contribution in [0.2, 0.25) is 0 Å². The van der Waals surface area contributed by atoms with Crippen molar-refractivity contribution < 1.29 is 10.2 Å². The first kappa shape index (κ1) is 16.7. The van der Waals surface area contributed by atoms with E-state index in [-0.39, 0.29) is 0 Å². The third-order valence-corrected chi connectivity index (χ3v) is 4.36. The summed E-state index contributed by atoms with van der Waals surface area (Å²) < 4.78 is 0.